The van der Waals surface area contributed by atoms with Gasteiger partial charge in [-0.1, -0.05) is 66.7 Å². The van der Waals surface area contributed by atoms with Crippen molar-refractivity contribution >= 4 is 17.9 Å². The van der Waals surface area contributed by atoms with Crippen LogP contribution >= 0.6 is 0 Å². The summed E-state index contributed by atoms with van der Waals surface area (Å²) in [6, 6.07) is 26.1. The van der Waals surface area contributed by atoms with Crippen molar-refractivity contribution in [3.05, 3.63) is 119 Å². The highest BCUT2D eigenvalue weighted by atomic mass is 16.7. The van der Waals surface area contributed by atoms with Gasteiger partial charge in [0, 0.05) is 11.3 Å². The Labute approximate surface area is 215 Å². The lowest BCUT2D eigenvalue weighted by Gasteiger charge is -2.31. The molecule has 1 aliphatic heterocycles. The van der Waals surface area contributed by atoms with Crippen LogP contribution in [0.3, 0.4) is 0 Å². The number of carbonyl (C=O) groups is 2. The Morgan fingerprint density at radius 1 is 0.811 bits per heavy atom. The molecule has 0 aliphatic carbocycles. The predicted octanol–water partition coefficient (Wildman–Crippen LogP) is 6.45. The topological polar surface area (TPSA) is 95.1 Å². The number of ether oxygens (including phenoxy) is 4. The van der Waals surface area contributed by atoms with Gasteiger partial charge in [-0.3, -0.25) is 5.32 Å². The molecule has 0 aromatic heterocycles. The molecule has 1 aliphatic rings. The molecule has 37 heavy (non-hydrogen) atoms. The van der Waals surface area contributed by atoms with Crippen LogP contribution in [0.15, 0.2) is 108 Å². The maximum atomic E-state index is 12.9. The molecule has 8 nitrogen and oxygen atoms in total. The second-order valence-corrected chi connectivity index (χ2v) is 8.29. The number of hydrogen-bond acceptors (Lipinski definition) is 7. The van der Waals surface area contributed by atoms with Crippen LogP contribution in [0.2, 0.25) is 0 Å². The maximum Gasteiger partial charge on any atom is 0.513 e. The summed E-state index contributed by atoms with van der Waals surface area (Å²) in [7, 11) is 1.23. The van der Waals surface area contributed by atoms with E-state index in [9.17, 15) is 9.59 Å². The van der Waals surface area contributed by atoms with Gasteiger partial charge in [0.2, 0.25) is 0 Å². The van der Waals surface area contributed by atoms with E-state index in [0.717, 1.165) is 5.56 Å². The zero-order valence-electron chi connectivity index (χ0n) is 20.8. The first kappa shape index (κ1) is 25.4. The molecule has 0 bridgehead atoms. The van der Waals surface area contributed by atoms with E-state index < -0.39 is 18.2 Å². The fourth-order valence-corrected chi connectivity index (χ4v) is 3.99. The maximum absolute atomic E-state index is 12.9. The quantitative estimate of drug-likeness (QED) is 0.360. The Morgan fingerprint density at radius 2 is 1.41 bits per heavy atom. The van der Waals surface area contributed by atoms with Crippen molar-refractivity contribution in [3.63, 3.8) is 0 Å². The summed E-state index contributed by atoms with van der Waals surface area (Å²) in [6.07, 6.45) is -1.58. The van der Waals surface area contributed by atoms with Gasteiger partial charge >= 0.3 is 12.2 Å². The summed E-state index contributed by atoms with van der Waals surface area (Å²) in [5.41, 5.74) is 3.38. The third kappa shape index (κ3) is 6.29. The Morgan fingerprint density at radius 3 is 2.08 bits per heavy atom. The molecule has 1 atom stereocenters. The lowest BCUT2D eigenvalue weighted by Crippen LogP contribution is -2.30. The highest BCUT2D eigenvalue weighted by Crippen LogP contribution is 2.43. The van der Waals surface area contributed by atoms with Crippen LogP contribution in [-0.4, -0.2) is 19.4 Å². The number of anilines is 1. The average Bonchev–Trinajstić information content (AvgIpc) is 2.91. The molecule has 2 N–H and O–H groups in total. The molecule has 0 saturated carbocycles. The van der Waals surface area contributed by atoms with Crippen LogP contribution < -0.4 is 15.4 Å². The zero-order valence-corrected chi connectivity index (χ0v) is 20.8. The summed E-state index contributed by atoms with van der Waals surface area (Å²) in [5.74, 6) is 0.271. The number of rotatable bonds is 7. The van der Waals surface area contributed by atoms with Gasteiger partial charge in [-0.15, -0.1) is 0 Å². The minimum absolute atomic E-state index is 0.232. The molecule has 0 radical (unpaired) electrons. The summed E-state index contributed by atoms with van der Waals surface area (Å²) in [4.78, 5) is 25.1. The van der Waals surface area contributed by atoms with Gasteiger partial charge in [0.15, 0.2) is 0 Å². The van der Waals surface area contributed by atoms with E-state index in [4.69, 9.17) is 18.9 Å². The second-order valence-electron chi connectivity index (χ2n) is 8.29. The van der Waals surface area contributed by atoms with Crippen LogP contribution in [0.25, 0.3) is 0 Å². The van der Waals surface area contributed by atoms with Crippen LogP contribution in [0.5, 0.6) is 5.75 Å². The summed E-state index contributed by atoms with van der Waals surface area (Å²) < 4.78 is 22.3. The van der Waals surface area contributed by atoms with Crippen LogP contribution in [-0.2, 0) is 20.8 Å². The van der Waals surface area contributed by atoms with Gasteiger partial charge in [-0.25, -0.2) is 9.59 Å². The lowest BCUT2D eigenvalue weighted by molar-refractivity contribution is 0.0890. The number of dihydropyridines is 1. The van der Waals surface area contributed by atoms with Gasteiger partial charge in [0.1, 0.15) is 29.8 Å². The SMILES string of the molecule is COC(=O)OC1=C(C)NC(C)=C(OC(=O)Nc2ccccc2)C1c1ccccc1OCc1ccccc1. The molecule has 3 aromatic rings. The molecule has 1 amide bonds. The third-order valence-electron chi connectivity index (χ3n) is 5.69. The van der Waals surface area contributed by atoms with Crippen molar-refractivity contribution in [2.75, 3.05) is 12.4 Å². The first-order valence-electron chi connectivity index (χ1n) is 11.7. The Hall–Kier alpha value is -4.72. The van der Waals surface area contributed by atoms with Crippen molar-refractivity contribution in [2.24, 2.45) is 0 Å². The van der Waals surface area contributed by atoms with E-state index in [1.165, 1.54) is 7.11 Å². The largest absolute Gasteiger partial charge is 0.513 e. The number of para-hydroxylation sites is 2. The number of allylic oxidation sites excluding steroid dienone is 2. The Bertz CT molecular complexity index is 1320. The van der Waals surface area contributed by atoms with E-state index >= 15 is 0 Å². The molecule has 8 heteroatoms. The zero-order chi connectivity index (χ0) is 26.2. The first-order chi connectivity index (χ1) is 18.0. The van der Waals surface area contributed by atoms with Crippen LogP contribution in [0, 0.1) is 0 Å². The third-order valence-corrected chi connectivity index (χ3v) is 5.69. The van der Waals surface area contributed by atoms with Crippen LogP contribution in [0.1, 0.15) is 30.9 Å². The van der Waals surface area contributed by atoms with Gasteiger partial charge in [-0.05, 0) is 37.6 Å². The molecule has 1 unspecified atom stereocenters. The molecular weight excluding hydrogens is 472 g/mol. The standard InChI is InChI=1S/C29H28N2O6/c1-19-26(36-28(32)31-22-14-8-5-9-15-22)25(27(20(2)30-19)37-29(33)34-3)23-16-10-11-17-24(23)35-18-21-12-6-4-7-13-21/h4-17,25,30H,18H2,1-3H3,(H,31,32). The molecular formula is C29H28N2O6. The summed E-state index contributed by atoms with van der Waals surface area (Å²) in [6.45, 7) is 3.87. The number of benzene rings is 3. The molecule has 0 fully saturated rings. The van der Waals surface area contributed by atoms with Crippen molar-refractivity contribution in [1.29, 1.82) is 0 Å². The first-order valence-corrected chi connectivity index (χ1v) is 11.7. The second kappa shape index (κ2) is 11.8. The highest BCUT2D eigenvalue weighted by molar-refractivity contribution is 5.85. The number of carbonyl (C=O) groups excluding carboxylic acids is 2. The number of nitrogens with one attached hydrogen (secondary N) is 2. The molecule has 0 spiro atoms. The summed E-state index contributed by atoms with van der Waals surface area (Å²) in [5, 5.41) is 5.85. The van der Waals surface area contributed by atoms with Crippen molar-refractivity contribution in [2.45, 2.75) is 26.4 Å². The normalized spacial score (nSPS) is 14.9. The fraction of sp³-hybridized carbons (Fsp3) is 0.172. The molecule has 1 heterocycles. The smallest absolute Gasteiger partial charge is 0.489 e. The minimum Gasteiger partial charge on any atom is -0.489 e. The van der Waals surface area contributed by atoms with E-state index in [0.29, 0.717) is 35.0 Å². The average molecular weight is 501 g/mol. The minimum atomic E-state index is -0.892. The summed E-state index contributed by atoms with van der Waals surface area (Å²) >= 11 is 0. The predicted molar refractivity (Wildman–Crippen MR) is 139 cm³/mol. The van der Waals surface area contributed by atoms with Gasteiger partial charge in [-0.2, -0.15) is 0 Å². The number of hydrogen-bond donors (Lipinski definition) is 2. The molecule has 190 valence electrons. The lowest BCUT2D eigenvalue weighted by atomic mass is 9.90. The van der Waals surface area contributed by atoms with Crippen molar-refractivity contribution in [1.82, 2.24) is 5.32 Å². The van der Waals surface area contributed by atoms with Crippen LogP contribution in [0.4, 0.5) is 15.3 Å². The Balaban J connectivity index is 1.70. The monoisotopic (exact) mass is 500 g/mol. The highest BCUT2D eigenvalue weighted by Gasteiger charge is 2.37. The van der Waals surface area contributed by atoms with E-state index in [1.807, 2.05) is 60.7 Å². The van der Waals surface area contributed by atoms with Crippen molar-refractivity contribution < 1.29 is 28.5 Å². The van der Waals surface area contributed by atoms with E-state index in [2.05, 4.69) is 10.6 Å². The van der Waals surface area contributed by atoms with Gasteiger partial charge in [0.25, 0.3) is 0 Å². The molecule has 3 aromatic carbocycles. The Kier molecular flexibility index (Phi) is 8.10. The number of methoxy groups -OCH3 is 1. The number of amides is 1. The molecule has 0 saturated heterocycles. The van der Waals surface area contributed by atoms with Crippen molar-refractivity contribution in [3.8, 4) is 5.75 Å². The van der Waals surface area contributed by atoms with Gasteiger partial charge < -0.3 is 24.3 Å². The fourth-order valence-electron chi connectivity index (χ4n) is 3.99. The van der Waals surface area contributed by atoms with E-state index in [1.54, 1.807) is 38.1 Å². The van der Waals surface area contributed by atoms with Gasteiger partial charge in [0.05, 0.1) is 18.5 Å². The molecule has 4 rings (SSSR count). The van der Waals surface area contributed by atoms with E-state index in [-0.39, 0.29) is 11.5 Å².